The number of aryl methyl sites for hydroxylation is 1. The molecule has 0 unspecified atom stereocenters. The molecule has 0 atom stereocenters. The van der Waals surface area contributed by atoms with Crippen LogP contribution in [0.25, 0.3) is 11.6 Å². The van der Waals surface area contributed by atoms with E-state index in [0.717, 1.165) is 0 Å². The molecule has 7 nitrogen and oxygen atoms in total. The van der Waals surface area contributed by atoms with Gasteiger partial charge >= 0.3 is 0 Å². The van der Waals surface area contributed by atoms with Gasteiger partial charge in [-0.2, -0.15) is 0 Å². The molecular weight excluding hydrogens is 328 g/mol. The van der Waals surface area contributed by atoms with Gasteiger partial charge in [-0.15, -0.1) is 11.8 Å². The van der Waals surface area contributed by atoms with Crippen molar-refractivity contribution in [3.8, 4) is 11.6 Å². The number of hydrogen-bond donors (Lipinski definition) is 2. The van der Waals surface area contributed by atoms with Gasteiger partial charge < -0.3 is 15.1 Å². The zero-order valence-electron chi connectivity index (χ0n) is 14.0. The average molecular weight is 348 g/mol. The van der Waals surface area contributed by atoms with Crippen LogP contribution in [0.5, 0.6) is 0 Å². The van der Waals surface area contributed by atoms with Gasteiger partial charge in [-0.25, -0.2) is 9.97 Å². The Morgan fingerprint density at radius 3 is 2.67 bits per heavy atom. The second kappa shape index (κ2) is 7.96. The van der Waals surface area contributed by atoms with Gasteiger partial charge in [0.25, 0.3) is 5.91 Å². The van der Waals surface area contributed by atoms with E-state index < -0.39 is 0 Å². The molecule has 2 aromatic heterocycles. The number of carbonyl (C=O) groups excluding carboxylic acids is 2. The van der Waals surface area contributed by atoms with Gasteiger partial charge in [0.05, 0.1) is 24.1 Å². The fraction of sp³-hybridized carbons (Fsp3) is 0.375. The predicted molar refractivity (Wildman–Crippen MR) is 91.9 cm³/mol. The van der Waals surface area contributed by atoms with Gasteiger partial charge in [-0.3, -0.25) is 9.59 Å². The summed E-state index contributed by atoms with van der Waals surface area (Å²) in [5.41, 5.74) is 0.901. The predicted octanol–water partition coefficient (Wildman–Crippen LogP) is 2.02. The number of hydrogen-bond acceptors (Lipinski definition) is 6. The first kappa shape index (κ1) is 18.0. The minimum absolute atomic E-state index is 0.0220. The maximum atomic E-state index is 12.4. The monoisotopic (exact) mass is 348 g/mol. The molecule has 0 radical (unpaired) electrons. The van der Waals surface area contributed by atoms with E-state index in [1.54, 1.807) is 25.3 Å². The molecule has 0 aliphatic rings. The number of rotatable bonds is 6. The fourth-order valence-electron chi connectivity index (χ4n) is 2.09. The Morgan fingerprint density at radius 2 is 2.08 bits per heavy atom. The van der Waals surface area contributed by atoms with Crippen LogP contribution in [0, 0.1) is 6.92 Å². The molecule has 2 N–H and O–H groups in total. The van der Waals surface area contributed by atoms with Gasteiger partial charge in [0.2, 0.25) is 5.91 Å². The van der Waals surface area contributed by atoms with E-state index in [1.807, 2.05) is 20.1 Å². The third-order valence-electron chi connectivity index (χ3n) is 3.08. The topological polar surface area (TPSA) is 97.1 Å². The first-order chi connectivity index (χ1) is 11.4. The van der Waals surface area contributed by atoms with Crippen LogP contribution < -0.4 is 10.6 Å². The highest BCUT2D eigenvalue weighted by atomic mass is 32.2. The number of nitrogens with one attached hydrogen (secondary N) is 2. The first-order valence-corrected chi connectivity index (χ1v) is 8.69. The van der Waals surface area contributed by atoms with Crippen molar-refractivity contribution < 1.29 is 14.0 Å². The molecule has 2 aromatic rings. The van der Waals surface area contributed by atoms with Crippen LogP contribution in [0.2, 0.25) is 0 Å². The minimum atomic E-state index is -0.373. The Hall–Kier alpha value is -2.35. The number of aromatic nitrogens is 2. The summed E-state index contributed by atoms with van der Waals surface area (Å²) >= 11 is 1.34. The standard InChI is InChI=1S/C16H20N4O3S/c1-9(2)18-12(21)8-17-15(22)13-10(3)19-14(20-16(13)24-4)11-6-5-7-23-11/h5-7,9H,8H2,1-4H3,(H,17,22)(H,18,21). The molecular formula is C16H20N4O3S. The van der Waals surface area contributed by atoms with Crippen LogP contribution in [0.15, 0.2) is 27.8 Å². The van der Waals surface area contributed by atoms with Crippen molar-refractivity contribution in [1.29, 1.82) is 0 Å². The highest BCUT2D eigenvalue weighted by Crippen LogP contribution is 2.24. The van der Waals surface area contributed by atoms with Crippen molar-refractivity contribution in [1.82, 2.24) is 20.6 Å². The Bertz CT molecular complexity index is 729. The molecule has 0 fully saturated rings. The molecule has 0 saturated heterocycles. The molecule has 0 spiro atoms. The second-order valence-corrected chi connectivity index (χ2v) is 6.19. The molecule has 8 heteroatoms. The average Bonchev–Trinajstić information content (AvgIpc) is 3.05. The zero-order chi connectivity index (χ0) is 17.7. The summed E-state index contributed by atoms with van der Waals surface area (Å²) in [5.74, 6) is 0.351. The van der Waals surface area contributed by atoms with Gasteiger partial charge in [0.15, 0.2) is 11.6 Å². The summed E-state index contributed by atoms with van der Waals surface area (Å²) in [4.78, 5) is 32.8. The summed E-state index contributed by atoms with van der Waals surface area (Å²) in [5, 5.41) is 5.86. The van der Waals surface area contributed by atoms with Crippen molar-refractivity contribution in [2.24, 2.45) is 0 Å². The second-order valence-electron chi connectivity index (χ2n) is 5.40. The van der Waals surface area contributed by atoms with Crippen LogP contribution >= 0.6 is 11.8 Å². The molecule has 24 heavy (non-hydrogen) atoms. The van der Waals surface area contributed by atoms with Crippen molar-refractivity contribution in [3.63, 3.8) is 0 Å². The highest BCUT2D eigenvalue weighted by molar-refractivity contribution is 7.98. The number of nitrogens with zero attached hydrogens (tertiary/aromatic N) is 2. The molecule has 0 aliphatic carbocycles. The van der Waals surface area contributed by atoms with Crippen LogP contribution in [0.4, 0.5) is 0 Å². The minimum Gasteiger partial charge on any atom is -0.461 e. The SMILES string of the molecule is CSc1nc(-c2ccco2)nc(C)c1C(=O)NCC(=O)NC(C)C. The number of carbonyl (C=O) groups is 2. The van der Waals surface area contributed by atoms with Gasteiger partial charge in [-0.05, 0) is 39.2 Å². The summed E-state index contributed by atoms with van der Waals surface area (Å²) in [7, 11) is 0. The molecule has 0 aromatic carbocycles. The van der Waals surface area contributed by atoms with Crippen LogP contribution in [0.3, 0.4) is 0 Å². The van der Waals surface area contributed by atoms with E-state index >= 15 is 0 Å². The first-order valence-electron chi connectivity index (χ1n) is 7.46. The van der Waals surface area contributed by atoms with E-state index in [0.29, 0.717) is 27.9 Å². The summed E-state index contributed by atoms with van der Waals surface area (Å²) in [6, 6.07) is 3.53. The zero-order valence-corrected chi connectivity index (χ0v) is 14.9. The van der Waals surface area contributed by atoms with Crippen LogP contribution in [0.1, 0.15) is 29.9 Å². The number of furan rings is 1. The molecule has 2 amide bonds. The summed E-state index contributed by atoms with van der Waals surface area (Å²) in [6.07, 6.45) is 3.37. The third kappa shape index (κ3) is 4.35. The Morgan fingerprint density at radius 1 is 1.33 bits per heavy atom. The fourth-order valence-corrected chi connectivity index (χ4v) is 2.72. The third-order valence-corrected chi connectivity index (χ3v) is 3.76. The van der Waals surface area contributed by atoms with E-state index in [4.69, 9.17) is 4.42 Å². The maximum absolute atomic E-state index is 12.4. The normalized spacial score (nSPS) is 10.7. The Kier molecular flexibility index (Phi) is 5.97. The lowest BCUT2D eigenvalue weighted by Crippen LogP contribution is -2.40. The van der Waals surface area contributed by atoms with E-state index in [2.05, 4.69) is 20.6 Å². The highest BCUT2D eigenvalue weighted by Gasteiger charge is 2.20. The lowest BCUT2D eigenvalue weighted by atomic mass is 10.2. The van der Waals surface area contributed by atoms with E-state index in [9.17, 15) is 9.59 Å². The van der Waals surface area contributed by atoms with Crippen LogP contribution in [-0.2, 0) is 4.79 Å². The number of thioether (sulfide) groups is 1. The lowest BCUT2D eigenvalue weighted by molar-refractivity contribution is -0.120. The molecule has 0 aliphatic heterocycles. The van der Waals surface area contributed by atoms with Crippen LogP contribution in [-0.4, -0.2) is 40.6 Å². The molecule has 0 bridgehead atoms. The molecule has 0 saturated carbocycles. The summed E-state index contributed by atoms with van der Waals surface area (Å²) in [6.45, 7) is 5.36. The molecule has 128 valence electrons. The van der Waals surface area contributed by atoms with Crippen molar-refractivity contribution in [2.75, 3.05) is 12.8 Å². The Labute approximate surface area is 144 Å². The molecule has 2 heterocycles. The van der Waals surface area contributed by atoms with Gasteiger partial charge in [0.1, 0.15) is 5.03 Å². The van der Waals surface area contributed by atoms with Crippen molar-refractivity contribution >= 4 is 23.6 Å². The quantitative estimate of drug-likeness (QED) is 0.612. The Balaban J connectivity index is 2.20. The van der Waals surface area contributed by atoms with Gasteiger partial charge in [0, 0.05) is 6.04 Å². The maximum Gasteiger partial charge on any atom is 0.256 e. The van der Waals surface area contributed by atoms with Crippen molar-refractivity contribution in [2.45, 2.75) is 31.8 Å². The number of amides is 2. The largest absolute Gasteiger partial charge is 0.461 e. The smallest absolute Gasteiger partial charge is 0.256 e. The lowest BCUT2D eigenvalue weighted by Gasteiger charge is -2.12. The van der Waals surface area contributed by atoms with Gasteiger partial charge in [-0.1, -0.05) is 0 Å². The van der Waals surface area contributed by atoms with Crippen molar-refractivity contribution in [3.05, 3.63) is 29.7 Å². The van der Waals surface area contributed by atoms with E-state index in [1.165, 1.54) is 11.8 Å². The molecule has 2 rings (SSSR count). The van der Waals surface area contributed by atoms with E-state index in [-0.39, 0.29) is 24.4 Å². The summed E-state index contributed by atoms with van der Waals surface area (Å²) < 4.78 is 5.30.